The molecule has 0 saturated heterocycles. The molecule has 5 nitrogen and oxygen atoms in total. The molecule has 0 radical (unpaired) electrons. The van der Waals surface area contributed by atoms with Crippen molar-refractivity contribution in [2.45, 2.75) is 31.3 Å². The Kier molecular flexibility index (Phi) is 6.81. The number of para-hydroxylation sites is 2. The van der Waals surface area contributed by atoms with Crippen molar-refractivity contribution in [1.29, 1.82) is 0 Å². The van der Waals surface area contributed by atoms with Crippen molar-refractivity contribution in [3.8, 4) is 11.4 Å². The number of methoxy groups -OCH3 is 1. The highest BCUT2D eigenvalue weighted by atomic mass is 32.2. The van der Waals surface area contributed by atoms with Crippen LogP contribution in [0.25, 0.3) is 16.7 Å². The molecule has 32 heavy (non-hydrogen) atoms. The second kappa shape index (κ2) is 9.92. The van der Waals surface area contributed by atoms with Crippen molar-refractivity contribution in [3.63, 3.8) is 0 Å². The molecule has 1 unspecified atom stereocenters. The lowest BCUT2D eigenvalue weighted by Crippen LogP contribution is -2.14. The van der Waals surface area contributed by atoms with Crippen LogP contribution in [0.3, 0.4) is 0 Å². The SMILES string of the molecule is CCC(C)c1ccc(NC(=O)CSc2nc3ccccc3n2-c2ccc(OC)cc2)cc1. The van der Waals surface area contributed by atoms with Crippen LogP contribution in [-0.2, 0) is 4.79 Å². The van der Waals surface area contributed by atoms with Gasteiger partial charge in [-0.1, -0.05) is 49.9 Å². The number of thioether (sulfide) groups is 1. The zero-order chi connectivity index (χ0) is 22.5. The summed E-state index contributed by atoms with van der Waals surface area (Å²) in [5.41, 5.74) is 4.97. The predicted octanol–water partition coefficient (Wildman–Crippen LogP) is 6.28. The van der Waals surface area contributed by atoms with Gasteiger partial charge in [0.15, 0.2) is 5.16 Å². The van der Waals surface area contributed by atoms with Crippen LogP contribution in [0.15, 0.2) is 78.0 Å². The van der Waals surface area contributed by atoms with Crippen molar-refractivity contribution in [1.82, 2.24) is 9.55 Å². The molecule has 1 atom stereocenters. The van der Waals surface area contributed by atoms with Crippen LogP contribution in [0, 0.1) is 0 Å². The summed E-state index contributed by atoms with van der Waals surface area (Å²) in [5.74, 6) is 1.53. The van der Waals surface area contributed by atoms with Gasteiger partial charge in [0.25, 0.3) is 0 Å². The van der Waals surface area contributed by atoms with E-state index < -0.39 is 0 Å². The molecule has 0 aliphatic rings. The number of hydrogen-bond acceptors (Lipinski definition) is 4. The molecule has 1 heterocycles. The van der Waals surface area contributed by atoms with Gasteiger partial charge in [-0.05, 0) is 66.4 Å². The molecule has 4 rings (SSSR count). The normalized spacial score (nSPS) is 12.0. The summed E-state index contributed by atoms with van der Waals surface area (Å²) in [5, 5.41) is 3.77. The Hall–Kier alpha value is -3.25. The Morgan fingerprint density at radius 3 is 2.47 bits per heavy atom. The number of fused-ring (bicyclic) bond motifs is 1. The second-order valence-electron chi connectivity index (χ2n) is 7.68. The van der Waals surface area contributed by atoms with Crippen LogP contribution >= 0.6 is 11.8 Å². The molecule has 1 aromatic heterocycles. The number of rotatable bonds is 8. The van der Waals surface area contributed by atoms with Crippen molar-refractivity contribution < 1.29 is 9.53 Å². The summed E-state index contributed by atoms with van der Waals surface area (Å²) in [7, 11) is 1.65. The van der Waals surface area contributed by atoms with Crippen LogP contribution in [-0.4, -0.2) is 28.3 Å². The maximum absolute atomic E-state index is 12.6. The fraction of sp³-hybridized carbons (Fsp3) is 0.231. The highest BCUT2D eigenvalue weighted by Gasteiger charge is 2.15. The Balaban J connectivity index is 1.51. The Morgan fingerprint density at radius 1 is 1.06 bits per heavy atom. The zero-order valence-electron chi connectivity index (χ0n) is 18.5. The topological polar surface area (TPSA) is 56.2 Å². The average Bonchev–Trinajstić information content (AvgIpc) is 3.21. The lowest BCUT2D eigenvalue weighted by Gasteiger charge is -2.11. The molecule has 1 amide bonds. The molecule has 1 N–H and O–H groups in total. The molecule has 164 valence electrons. The molecule has 0 spiro atoms. The van der Waals surface area contributed by atoms with E-state index in [9.17, 15) is 4.79 Å². The smallest absolute Gasteiger partial charge is 0.234 e. The predicted molar refractivity (Wildman–Crippen MR) is 132 cm³/mol. The Morgan fingerprint density at radius 2 is 1.78 bits per heavy atom. The van der Waals surface area contributed by atoms with Crippen molar-refractivity contribution in [2.24, 2.45) is 0 Å². The first-order chi connectivity index (χ1) is 15.6. The van der Waals surface area contributed by atoms with Gasteiger partial charge in [0, 0.05) is 11.4 Å². The molecule has 0 aliphatic heterocycles. The first-order valence-corrected chi connectivity index (χ1v) is 11.7. The van der Waals surface area contributed by atoms with E-state index in [-0.39, 0.29) is 11.7 Å². The van der Waals surface area contributed by atoms with Crippen LogP contribution in [0.1, 0.15) is 31.7 Å². The van der Waals surface area contributed by atoms with E-state index in [1.165, 1.54) is 17.3 Å². The highest BCUT2D eigenvalue weighted by molar-refractivity contribution is 7.99. The summed E-state index contributed by atoms with van der Waals surface area (Å²) in [4.78, 5) is 17.4. The van der Waals surface area contributed by atoms with Crippen molar-refractivity contribution in [3.05, 3.63) is 78.4 Å². The Bertz CT molecular complexity index is 1200. The van der Waals surface area contributed by atoms with Crippen LogP contribution in [0.4, 0.5) is 5.69 Å². The number of anilines is 1. The molecule has 3 aromatic carbocycles. The minimum Gasteiger partial charge on any atom is -0.497 e. The van der Waals surface area contributed by atoms with Gasteiger partial charge in [0.1, 0.15) is 5.75 Å². The number of carbonyl (C=O) groups is 1. The lowest BCUT2D eigenvalue weighted by molar-refractivity contribution is -0.113. The van der Waals surface area contributed by atoms with Crippen molar-refractivity contribution >= 4 is 34.4 Å². The third-order valence-corrected chi connectivity index (χ3v) is 6.51. The van der Waals surface area contributed by atoms with Gasteiger partial charge in [0.05, 0.1) is 23.9 Å². The molecule has 0 saturated carbocycles. The number of nitrogens with zero attached hydrogens (tertiary/aromatic N) is 2. The summed E-state index contributed by atoms with van der Waals surface area (Å²) in [6.45, 7) is 4.38. The summed E-state index contributed by atoms with van der Waals surface area (Å²) >= 11 is 1.43. The molecule has 6 heteroatoms. The standard InChI is InChI=1S/C26H27N3O2S/c1-4-18(2)19-9-11-20(12-10-19)27-25(30)17-32-26-28-23-7-5-6-8-24(23)29(26)21-13-15-22(31-3)16-14-21/h5-16,18H,4,17H2,1-3H3,(H,27,30). The molecule has 4 aromatic rings. The number of ether oxygens (including phenoxy) is 1. The first kappa shape index (κ1) is 22.0. The zero-order valence-corrected chi connectivity index (χ0v) is 19.4. The van der Waals surface area contributed by atoms with Crippen LogP contribution in [0.2, 0.25) is 0 Å². The minimum absolute atomic E-state index is 0.0559. The third-order valence-electron chi connectivity index (χ3n) is 5.57. The van der Waals surface area contributed by atoms with Crippen LogP contribution < -0.4 is 10.1 Å². The largest absolute Gasteiger partial charge is 0.497 e. The van der Waals surface area contributed by atoms with Gasteiger partial charge in [-0.3, -0.25) is 9.36 Å². The first-order valence-electron chi connectivity index (χ1n) is 10.7. The average molecular weight is 446 g/mol. The van der Waals surface area contributed by atoms with Gasteiger partial charge in [-0.2, -0.15) is 0 Å². The van der Waals surface area contributed by atoms with Gasteiger partial charge < -0.3 is 10.1 Å². The van der Waals surface area contributed by atoms with E-state index in [2.05, 4.69) is 35.9 Å². The van der Waals surface area contributed by atoms with E-state index in [1.54, 1.807) is 7.11 Å². The third kappa shape index (κ3) is 4.81. The van der Waals surface area contributed by atoms with E-state index >= 15 is 0 Å². The van der Waals surface area contributed by atoms with Gasteiger partial charge in [-0.15, -0.1) is 0 Å². The van der Waals surface area contributed by atoms with E-state index in [0.29, 0.717) is 5.92 Å². The number of nitrogens with one attached hydrogen (secondary N) is 1. The summed E-state index contributed by atoms with van der Waals surface area (Å²) in [6, 6.07) is 23.9. The number of amides is 1. The van der Waals surface area contributed by atoms with Gasteiger partial charge >= 0.3 is 0 Å². The highest BCUT2D eigenvalue weighted by Crippen LogP contribution is 2.29. The lowest BCUT2D eigenvalue weighted by atomic mass is 9.99. The van der Waals surface area contributed by atoms with E-state index in [1.807, 2.05) is 60.7 Å². The van der Waals surface area contributed by atoms with Gasteiger partial charge in [-0.25, -0.2) is 4.98 Å². The maximum atomic E-state index is 12.6. The van der Waals surface area contributed by atoms with E-state index in [4.69, 9.17) is 9.72 Å². The summed E-state index contributed by atoms with van der Waals surface area (Å²) in [6.07, 6.45) is 1.09. The fourth-order valence-corrected chi connectivity index (χ4v) is 4.37. The number of carbonyl (C=O) groups excluding carboxylic acids is 1. The Labute approximate surface area is 192 Å². The quantitative estimate of drug-likeness (QED) is 0.324. The number of aromatic nitrogens is 2. The molecular weight excluding hydrogens is 418 g/mol. The van der Waals surface area contributed by atoms with Crippen molar-refractivity contribution in [2.75, 3.05) is 18.2 Å². The second-order valence-corrected chi connectivity index (χ2v) is 8.63. The monoisotopic (exact) mass is 445 g/mol. The number of imidazole rings is 1. The number of hydrogen-bond donors (Lipinski definition) is 1. The van der Waals surface area contributed by atoms with E-state index in [0.717, 1.165) is 39.7 Å². The summed E-state index contributed by atoms with van der Waals surface area (Å²) < 4.78 is 7.36. The van der Waals surface area contributed by atoms with Gasteiger partial charge in [0.2, 0.25) is 5.91 Å². The molecule has 0 aliphatic carbocycles. The number of benzene rings is 3. The molecular formula is C26H27N3O2S. The molecule has 0 fully saturated rings. The maximum Gasteiger partial charge on any atom is 0.234 e. The fourth-order valence-electron chi connectivity index (χ4n) is 3.54. The minimum atomic E-state index is -0.0559. The van der Waals surface area contributed by atoms with Crippen LogP contribution in [0.5, 0.6) is 5.75 Å². The molecule has 0 bridgehead atoms.